The molecule has 0 aliphatic heterocycles. The molecule has 0 aromatic heterocycles. The van der Waals surface area contributed by atoms with Gasteiger partial charge in [0.1, 0.15) is 0 Å². The van der Waals surface area contributed by atoms with Crippen molar-refractivity contribution in [3.05, 3.63) is 48.0 Å². The third kappa shape index (κ3) is 2.15. The summed E-state index contributed by atoms with van der Waals surface area (Å²) in [6, 6.07) is 16.0. The molecule has 18 heavy (non-hydrogen) atoms. The smallest absolute Gasteiger partial charge is 0.0351 e. The highest BCUT2D eigenvalue weighted by atomic mass is 14.9. The van der Waals surface area contributed by atoms with Crippen molar-refractivity contribution in [3.8, 4) is 0 Å². The van der Waals surface area contributed by atoms with Gasteiger partial charge in [-0.25, -0.2) is 0 Å². The van der Waals surface area contributed by atoms with Crippen LogP contribution in [-0.4, -0.2) is 6.54 Å². The zero-order chi connectivity index (χ0) is 12.5. The first-order chi connectivity index (χ1) is 8.79. The molecule has 0 spiro atoms. The van der Waals surface area contributed by atoms with Gasteiger partial charge in [0.05, 0.1) is 0 Å². The molecule has 1 N–H and O–H groups in total. The molecule has 0 amide bonds. The fraction of sp³-hybridized carbons (Fsp3) is 0.412. The Kier molecular flexibility index (Phi) is 3.09. The molecule has 0 saturated heterocycles. The molecule has 3 atom stereocenters. The van der Waals surface area contributed by atoms with Gasteiger partial charge < -0.3 is 5.32 Å². The summed E-state index contributed by atoms with van der Waals surface area (Å²) in [6.45, 7) is 5.60. The molecule has 1 aliphatic rings. The lowest BCUT2D eigenvalue weighted by Crippen LogP contribution is -2.23. The van der Waals surface area contributed by atoms with Crippen LogP contribution < -0.4 is 5.32 Å². The average Bonchev–Trinajstić information content (AvgIpc) is 3.12. The normalized spacial score (nSPS) is 24.1. The van der Waals surface area contributed by atoms with Crippen LogP contribution in [0.25, 0.3) is 10.8 Å². The lowest BCUT2D eigenvalue weighted by Gasteiger charge is -2.19. The van der Waals surface area contributed by atoms with Gasteiger partial charge in [-0.15, -0.1) is 0 Å². The predicted octanol–water partition coefficient (Wildman–Crippen LogP) is 4.15. The van der Waals surface area contributed by atoms with Crippen LogP contribution >= 0.6 is 0 Å². The summed E-state index contributed by atoms with van der Waals surface area (Å²) in [6.07, 6.45) is 1.37. The number of benzene rings is 2. The molecule has 0 radical (unpaired) electrons. The predicted molar refractivity (Wildman–Crippen MR) is 77.6 cm³/mol. The number of fused-ring (bicyclic) bond motifs is 1. The number of hydrogen-bond donors (Lipinski definition) is 1. The quantitative estimate of drug-likeness (QED) is 0.845. The molecule has 0 heterocycles. The van der Waals surface area contributed by atoms with Crippen LogP contribution in [0.1, 0.15) is 31.9 Å². The summed E-state index contributed by atoms with van der Waals surface area (Å²) >= 11 is 0. The highest BCUT2D eigenvalue weighted by Crippen LogP contribution is 2.47. The Bertz CT molecular complexity index is 546. The third-order valence-electron chi connectivity index (χ3n) is 4.16. The fourth-order valence-electron chi connectivity index (χ4n) is 2.95. The number of hydrogen-bond acceptors (Lipinski definition) is 1. The van der Waals surface area contributed by atoms with Crippen LogP contribution in [0.5, 0.6) is 0 Å². The van der Waals surface area contributed by atoms with Crippen LogP contribution in [0, 0.1) is 11.8 Å². The summed E-state index contributed by atoms with van der Waals surface area (Å²) in [7, 11) is 0. The molecular formula is C17H21N. The monoisotopic (exact) mass is 239 g/mol. The summed E-state index contributed by atoms with van der Waals surface area (Å²) in [5.41, 5.74) is 1.45. The Morgan fingerprint density at radius 3 is 2.56 bits per heavy atom. The first-order valence-corrected chi connectivity index (χ1v) is 7.01. The van der Waals surface area contributed by atoms with Crippen molar-refractivity contribution >= 4 is 10.8 Å². The molecule has 0 bridgehead atoms. The molecule has 3 rings (SSSR count). The van der Waals surface area contributed by atoms with Gasteiger partial charge >= 0.3 is 0 Å². The Morgan fingerprint density at radius 2 is 1.89 bits per heavy atom. The zero-order valence-electron chi connectivity index (χ0n) is 11.2. The van der Waals surface area contributed by atoms with E-state index in [1.807, 2.05) is 0 Å². The Labute approximate surface area is 109 Å². The summed E-state index contributed by atoms with van der Waals surface area (Å²) in [5, 5.41) is 6.34. The molecule has 2 aromatic rings. The average molecular weight is 239 g/mol. The van der Waals surface area contributed by atoms with E-state index >= 15 is 0 Å². The van der Waals surface area contributed by atoms with E-state index < -0.39 is 0 Å². The number of nitrogens with one attached hydrogen (secondary N) is 1. The van der Waals surface area contributed by atoms with E-state index in [-0.39, 0.29) is 0 Å². The highest BCUT2D eigenvalue weighted by Gasteiger charge is 2.39. The molecule has 1 heteroatoms. The van der Waals surface area contributed by atoms with Crippen molar-refractivity contribution in [1.29, 1.82) is 0 Å². The second-order valence-corrected chi connectivity index (χ2v) is 5.52. The molecule has 3 unspecified atom stereocenters. The molecule has 1 fully saturated rings. The highest BCUT2D eigenvalue weighted by molar-refractivity contribution is 5.83. The zero-order valence-corrected chi connectivity index (χ0v) is 11.2. The van der Waals surface area contributed by atoms with Crippen LogP contribution in [-0.2, 0) is 0 Å². The van der Waals surface area contributed by atoms with Gasteiger partial charge in [-0.05, 0) is 47.2 Å². The minimum Gasteiger partial charge on any atom is -0.310 e. The maximum atomic E-state index is 3.66. The summed E-state index contributed by atoms with van der Waals surface area (Å²) < 4.78 is 0. The molecule has 1 aliphatic carbocycles. The molecular weight excluding hydrogens is 218 g/mol. The molecule has 2 aromatic carbocycles. The lowest BCUT2D eigenvalue weighted by molar-refractivity contribution is 0.476. The van der Waals surface area contributed by atoms with E-state index in [0.717, 1.165) is 18.4 Å². The van der Waals surface area contributed by atoms with E-state index in [9.17, 15) is 0 Å². The van der Waals surface area contributed by atoms with Crippen LogP contribution in [0.3, 0.4) is 0 Å². The van der Waals surface area contributed by atoms with Crippen molar-refractivity contribution in [2.45, 2.75) is 26.3 Å². The van der Waals surface area contributed by atoms with Crippen molar-refractivity contribution < 1.29 is 0 Å². The topological polar surface area (TPSA) is 12.0 Å². The van der Waals surface area contributed by atoms with Gasteiger partial charge in [0.15, 0.2) is 0 Å². The Hall–Kier alpha value is -1.34. The summed E-state index contributed by atoms with van der Waals surface area (Å²) in [5.74, 6) is 1.70. The maximum Gasteiger partial charge on any atom is 0.0351 e. The van der Waals surface area contributed by atoms with Crippen molar-refractivity contribution in [3.63, 3.8) is 0 Å². The minimum atomic E-state index is 0.537. The fourth-order valence-corrected chi connectivity index (χ4v) is 2.95. The van der Waals surface area contributed by atoms with Crippen LogP contribution in [0.15, 0.2) is 42.5 Å². The van der Waals surface area contributed by atoms with Gasteiger partial charge in [-0.1, -0.05) is 50.2 Å². The van der Waals surface area contributed by atoms with E-state index in [1.54, 1.807) is 0 Å². The van der Waals surface area contributed by atoms with Crippen LogP contribution in [0.2, 0.25) is 0 Å². The second-order valence-electron chi connectivity index (χ2n) is 5.52. The van der Waals surface area contributed by atoms with E-state index in [0.29, 0.717) is 6.04 Å². The second kappa shape index (κ2) is 4.74. The lowest BCUT2D eigenvalue weighted by atomic mass is 9.98. The van der Waals surface area contributed by atoms with E-state index in [1.165, 1.54) is 22.8 Å². The van der Waals surface area contributed by atoms with Crippen molar-refractivity contribution in [1.82, 2.24) is 5.32 Å². The van der Waals surface area contributed by atoms with Gasteiger partial charge in [-0.2, -0.15) is 0 Å². The summed E-state index contributed by atoms with van der Waals surface area (Å²) in [4.78, 5) is 0. The van der Waals surface area contributed by atoms with E-state index in [2.05, 4.69) is 61.6 Å². The Balaban J connectivity index is 1.95. The first-order valence-electron chi connectivity index (χ1n) is 7.01. The molecule has 1 saturated carbocycles. The number of rotatable bonds is 4. The van der Waals surface area contributed by atoms with Crippen LogP contribution in [0.4, 0.5) is 0 Å². The third-order valence-corrected chi connectivity index (χ3v) is 4.16. The standard InChI is InChI=1S/C17H21N/c1-3-18-17(16-10-12(16)2)15-9-8-13-6-4-5-7-14(13)11-15/h4-9,11-12,16-18H,3,10H2,1-2H3. The van der Waals surface area contributed by atoms with Gasteiger partial charge in [-0.3, -0.25) is 0 Å². The minimum absolute atomic E-state index is 0.537. The van der Waals surface area contributed by atoms with Gasteiger partial charge in [0, 0.05) is 6.04 Å². The largest absolute Gasteiger partial charge is 0.310 e. The van der Waals surface area contributed by atoms with Crippen molar-refractivity contribution in [2.75, 3.05) is 6.54 Å². The maximum absolute atomic E-state index is 3.66. The molecule has 94 valence electrons. The SMILES string of the molecule is CCNC(c1ccc2ccccc2c1)C1CC1C. The van der Waals surface area contributed by atoms with Gasteiger partial charge in [0.2, 0.25) is 0 Å². The molecule has 1 nitrogen and oxygen atoms in total. The van der Waals surface area contributed by atoms with Crippen molar-refractivity contribution in [2.24, 2.45) is 11.8 Å². The Morgan fingerprint density at radius 1 is 1.17 bits per heavy atom. The first kappa shape index (κ1) is 11.7. The van der Waals surface area contributed by atoms with E-state index in [4.69, 9.17) is 0 Å². The van der Waals surface area contributed by atoms with Gasteiger partial charge in [0.25, 0.3) is 0 Å².